The Morgan fingerprint density at radius 1 is 0.875 bits per heavy atom. The molecule has 0 aromatic rings. The van der Waals surface area contributed by atoms with Crippen molar-refractivity contribution in [3.05, 3.63) is 25.0 Å². The van der Waals surface area contributed by atoms with Gasteiger partial charge < -0.3 is 14.6 Å². The van der Waals surface area contributed by atoms with Crippen LogP contribution in [0.5, 0.6) is 0 Å². The van der Waals surface area contributed by atoms with Gasteiger partial charge in [-0.1, -0.05) is 0 Å². The van der Waals surface area contributed by atoms with Crippen LogP contribution in [0.4, 0.5) is 0 Å². The van der Waals surface area contributed by atoms with Gasteiger partial charge in [-0.3, -0.25) is 0 Å². The van der Waals surface area contributed by atoms with E-state index in [9.17, 15) is 0 Å². The smallest absolute Gasteiger partial charge is 0.125 e. The fraction of sp³-hybridized carbons (Fsp3) is 0.200. The van der Waals surface area contributed by atoms with Crippen LogP contribution in [0, 0.1) is 0 Å². The molecule has 1 heterocycles. The minimum Gasteiger partial charge on any atom is -0.466 e. The minimum absolute atomic E-state index is 1.00. The summed E-state index contributed by atoms with van der Waals surface area (Å²) in [6.45, 7) is 0. The molecule has 0 saturated carbocycles. The van der Waals surface area contributed by atoms with Gasteiger partial charge in [0.05, 0.1) is 0 Å². The summed E-state index contributed by atoms with van der Waals surface area (Å²) in [5.74, 6) is 0. The summed E-state index contributed by atoms with van der Waals surface area (Å²) in [6, 6.07) is 0. The predicted molar refractivity (Wildman–Crippen MR) is 28.6 cm³/mol. The molecule has 0 spiro atoms. The molecule has 1 aliphatic rings. The Kier molecular flexibility index (Phi) is 5.32. The van der Waals surface area contributed by atoms with E-state index in [1.165, 1.54) is 25.0 Å². The van der Waals surface area contributed by atoms with Crippen molar-refractivity contribution in [3.8, 4) is 0 Å². The van der Waals surface area contributed by atoms with Crippen LogP contribution in [-0.4, -0.2) is 12.2 Å². The Hall–Kier alpha value is -0.960. The van der Waals surface area contributed by atoms with Crippen LogP contribution in [0.1, 0.15) is 0 Å². The van der Waals surface area contributed by atoms with E-state index >= 15 is 0 Å². The normalized spacial score (nSPS) is 12.8. The third kappa shape index (κ3) is 3.24. The number of aliphatic hydroxyl groups is 1. The van der Waals surface area contributed by atoms with E-state index in [-0.39, 0.29) is 0 Å². The van der Waals surface area contributed by atoms with Gasteiger partial charge in [-0.2, -0.15) is 0 Å². The molecule has 3 nitrogen and oxygen atoms in total. The maximum absolute atomic E-state index is 7.00. The van der Waals surface area contributed by atoms with Crippen molar-refractivity contribution in [1.82, 2.24) is 0 Å². The van der Waals surface area contributed by atoms with E-state index in [1.54, 1.807) is 0 Å². The average Bonchev–Trinajstić information content (AvgIpc) is 1.96. The lowest BCUT2D eigenvalue weighted by molar-refractivity contribution is 0.290. The second-order valence-corrected chi connectivity index (χ2v) is 0.816. The Morgan fingerprint density at radius 3 is 1.25 bits per heavy atom. The second-order valence-electron chi connectivity index (χ2n) is 0.816. The summed E-state index contributed by atoms with van der Waals surface area (Å²) < 4.78 is 9.17. The van der Waals surface area contributed by atoms with Gasteiger partial charge in [0.15, 0.2) is 0 Å². The van der Waals surface area contributed by atoms with E-state index in [2.05, 4.69) is 9.47 Å². The fourth-order valence-electron chi connectivity index (χ4n) is 0.219. The highest BCUT2D eigenvalue weighted by Gasteiger charge is 1.74. The summed E-state index contributed by atoms with van der Waals surface area (Å²) >= 11 is 0. The Labute approximate surface area is 47.8 Å². The van der Waals surface area contributed by atoms with E-state index in [1.807, 2.05) is 0 Å². The first-order valence-electron chi connectivity index (χ1n) is 2.06. The Bertz CT molecular complexity index is 65.7. The van der Waals surface area contributed by atoms with Gasteiger partial charge >= 0.3 is 0 Å². The first kappa shape index (κ1) is 7.04. The quantitative estimate of drug-likeness (QED) is 0.503. The number of ether oxygens (including phenoxy) is 2. The molecular weight excluding hydrogens is 108 g/mol. The largest absolute Gasteiger partial charge is 0.466 e. The van der Waals surface area contributed by atoms with E-state index < -0.39 is 0 Å². The standard InChI is InChI=1S/C4H4O2.CH4O/c1-2-6-4-3-5-1;1-2/h1-4H;2H,1H3. The molecule has 0 aromatic carbocycles. The van der Waals surface area contributed by atoms with Crippen LogP contribution >= 0.6 is 0 Å². The highest BCUT2D eigenvalue weighted by molar-refractivity contribution is 4.77. The number of hydrogen-bond donors (Lipinski definition) is 1. The first-order chi connectivity index (χ1) is 4.00. The molecular formula is C5H8O3. The summed E-state index contributed by atoms with van der Waals surface area (Å²) in [6.07, 6.45) is 5.83. The average molecular weight is 116 g/mol. The molecule has 0 unspecified atom stereocenters. The van der Waals surface area contributed by atoms with Crippen molar-refractivity contribution in [2.24, 2.45) is 0 Å². The molecule has 0 aliphatic carbocycles. The van der Waals surface area contributed by atoms with Crippen molar-refractivity contribution < 1.29 is 14.6 Å². The Morgan fingerprint density at radius 2 is 1.12 bits per heavy atom. The van der Waals surface area contributed by atoms with Crippen LogP contribution < -0.4 is 0 Å². The molecule has 0 saturated heterocycles. The molecule has 0 amide bonds. The minimum atomic E-state index is 1.00. The zero-order valence-corrected chi connectivity index (χ0v) is 4.57. The molecule has 8 heavy (non-hydrogen) atoms. The maximum atomic E-state index is 7.00. The number of hydrogen-bond acceptors (Lipinski definition) is 3. The topological polar surface area (TPSA) is 38.7 Å². The lowest BCUT2D eigenvalue weighted by Gasteiger charge is -1.94. The highest BCUT2D eigenvalue weighted by atomic mass is 16.5. The molecule has 0 aromatic heterocycles. The van der Waals surface area contributed by atoms with Crippen LogP contribution in [-0.2, 0) is 9.47 Å². The second kappa shape index (κ2) is 6.04. The molecule has 1 rings (SSSR count). The van der Waals surface area contributed by atoms with E-state index in [0.717, 1.165) is 7.11 Å². The molecule has 0 radical (unpaired) electrons. The van der Waals surface area contributed by atoms with Crippen molar-refractivity contribution in [2.45, 2.75) is 0 Å². The Balaban J connectivity index is 0.000000222. The zero-order valence-electron chi connectivity index (χ0n) is 4.57. The van der Waals surface area contributed by atoms with Gasteiger partial charge in [-0.15, -0.1) is 0 Å². The van der Waals surface area contributed by atoms with E-state index in [4.69, 9.17) is 5.11 Å². The monoisotopic (exact) mass is 116 g/mol. The van der Waals surface area contributed by atoms with Gasteiger partial charge in [0.25, 0.3) is 0 Å². The van der Waals surface area contributed by atoms with E-state index in [0.29, 0.717) is 0 Å². The fourth-order valence-corrected chi connectivity index (χ4v) is 0.219. The van der Waals surface area contributed by atoms with Crippen molar-refractivity contribution in [2.75, 3.05) is 7.11 Å². The summed E-state index contributed by atoms with van der Waals surface area (Å²) in [5, 5.41) is 7.00. The zero-order chi connectivity index (χ0) is 6.24. The lowest BCUT2D eigenvalue weighted by atomic mass is 10.9. The van der Waals surface area contributed by atoms with Gasteiger partial charge in [-0.05, 0) is 0 Å². The van der Waals surface area contributed by atoms with Crippen molar-refractivity contribution >= 4 is 0 Å². The van der Waals surface area contributed by atoms with Crippen LogP contribution in [0.2, 0.25) is 0 Å². The molecule has 0 fully saturated rings. The van der Waals surface area contributed by atoms with Gasteiger partial charge in [0.2, 0.25) is 0 Å². The van der Waals surface area contributed by atoms with Crippen molar-refractivity contribution in [3.63, 3.8) is 0 Å². The molecule has 3 heteroatoms. The molecule has 1 aliphatic heterocycles. The highest BCUT2D eigenvalue weighted by Crippen LogP contribution is 1.89. The third-order valence-electron chi connectivity index (χ3n) is 0.425. The van der Waals surface area contributed by atoms with Gasteiger partial charge in [0, 0.05) is 7.11 Å². The lowest BCUT2D eigenvalue weighted by Crippen LogP contribution is -1.74. The summed E-state index contributed by atoms with van der Waals surface area (Å²) in [7, 11) is 1.00. The first-order valence-corrected chi connectivity index (χ1v) is 2.06. The third-order valence-corrected chi connectivity index (χ3v) is 0.425. The maximum Gasteiger partial charge on any atom is 0.125 e. The van der Waals surface area contributed by atoms with Gasteiger partial charge in [-0.25, -0.2) is 0 Å². The SMILES string of the molecule is C1=COC=CO1.CO. The van der Waals surface area contributed by atoms with Crippen LogP contribution in [0.15, 0.2) is 25.0 Å². The molecule has 0 atom stereocenters. The summed E-state index contributed by atoms with van der Waals surface area (Å²) in [4.78, 5) is 0. The van der Waals surface area contributed by atoms with Crippen LogP contribution in [0.3, 0.4) is 0 Å². The van der Waals surface area contributed by atoms with Gasteiger partial charge in [0.1, 0.15) is 25.0 Å². The van der Waals surface area contributed by atoms with Crippen molar-refractivity contribution in [1.29, 1.82) is 0 Å². The molecule has 46 valence electrons. The number of rotatable bonds is 0. The molecule has 1 N–H and O–H groups in total. The summed E-state index contributed by atoms with van der Waals surface area (Å²) in [5.41, 5.74) is 0. The van der Waals surface area contributed by atoms with Crippen LogP contribution in [0.25, 0.3) is 0 Å². The predicted octanol–water partition coefficient (Wildman–Crippen LogP) is 0.584. The number of aliphatic hydroxyl groups excluding tert-OH is 1. The molecule has 0 bridgehead atoms.